The van der Waals surface area contributed by atoms with Crippen molar-refractivity contribution in [1.29, 1.82) is 0 Å². The van der Waals surface area contributed by atoms with Crippen LogP contribution in [0.25, 0.3) is 11.6 Å². The lowest BCUT2D eigenvalue weighted by atomic mass is 10.0. The number of nitrogens with zero attached hydrogens (tertiary/aromatic N) is 5. The molecule has 0 bridgehead atoms. The molecule has 1 saturated carbocycles. The summed E-state index contributed by atoms with van der Waals surface area (Å²) in [6.45, 7) is 1.79. The van der Waals surface area contributed by atoms with Gasteiger partial charge in [0.25, 0.3) is 0 Å². The third-order valence-corrected chi connectivity index (χ3v) is 5.79. The number of aromatic nitrogens is 4. The molecular weight excluding hydrogens is 369 g/mol. The van der Waals surface area contributed by atoms with Gasteiger partial charge in [0.1, 0.15) is 0 Å². The van der Waals surface area contributed by atoms with Crippen molar-refractivity contribution >= 4 is 5.69 Å². The summed E-state index contributed by atoms with van der Waals surface area (Å²) in [7, 11) is 1.53. The molecule has 0 N–H and O–H groups in total. The second kappa shape index (κ2) is 7.39. The molecule has 0 spiro atoms. The summed E-state index contributed by atoms with van der Waals surface area (Å²) in [5.74, 6) is 1.76. The van der Waals surface area contributed by atoms with Gasteiger partial charge >= 0.3 is 0 Å². The van der Waals surface area contributed by atoms with Crippen LogP contribution in [-0.2, 0) is 0 Å². The maximum absolute atomic E-state index is 14.8. The summed E-state index contributed by atoms with van der Waals surface area (Å²) in [6.07, 6.45) is 10.3. The molecule has 7 heteroatoms. The van der Waals surface area contributed by atoms with Crippen LogP contribution >= 0.6 is 0 Å². The van der Waals surface area contributed by atoms with Crippen LogP contribution in [-0.4, -0.2) is 40.1 Å². The van der Waals surface area contributed by atoms with E-state index in [-0.39, 0.29) is 5.82 Å². The topological polar surface area (TPSA) is 64.0 Å². The zero-order valence-corrected chi connectivity index (χ0v) is 16.3. The summed E-state index contributed by atoms with van der Waals surface area (Å²) >= 11 is 0. The third-order valence-electron chi connectivity index (χ3n) is 5.79. The van der Waals surface area contributed by atoms with E-state index in [0.717, 1.165) is 43.5 Å². The summed E-state index contributed by atoms with van der Waals surface area (Å²) in [4.78, 5) is 19.4. The van der Waals surface area contributed by atoms with Crippen molar-refractivity contribution in [2.24, 2.45) is 0 Å². The number of hydrogen-bond acceptors (Lipinski definition) is 6. The molecule has 5 rings (SSSR count). The predicted octanol–water partition coefficient (Wildman–Crippen LogP) is 3.95. The van der Waals surface area contributed by atoms with Crippen LogP contribution in [0.4, 0.5) is 10.1 Å². The molecule has 1 aliphatic carbocycles. The first-order valence-corrected chi connectivity index (χ1v) is 9.96. The Bertz CT molecular complexity index is 1010. The molecule has 0 unspecified atom stereocenters. The van der Waals surface area contributed by atoms with Gasteiger partial charge in [0, 0.05) is 37.9 Å². The minimum absolute atomic E-state index is 0.258. The molecule has 0 radical (unpaired) electrons. The molecule has 3 aromatic rings. The SMILES string of the molecule is COc1cc([C@@H]2C[C@H]2c2cnc(-c3ncccn3)nc2)cc(N2CCCC2)c1F. The average molecular weight is 391 g/mol. The molecule has 1 aromatic carbocycles. The lowest BCUT2D eigenvalue weighted by molar-refractivity contribution is 0.386. The monoisotopic (exact) mass is 391 g/mol. The Kier molecular flexibility index (Phi) is 4.58. The van der Waals surface area contributed by atoms with E-state index in [2.05, 4.69) is 24.8 Å². The lowest BCUT2D eigenvalue weighted by Crippen LogP contribution is -2.19. The lowest BCUT2D eigenvalue weighted by Gasteiger charge is -2.21. The maximum atomic E-state index is 14.8. The Morgan fingerprint density at radius 3 is 2.28 bits per heavy atom. The molecule has 148 valence electrons. The van der Waals surface area contributed by atoms with E-state index in [0.29, 0.717) is 34.9 Å². The standard InChI is InChI=1S/C22H22FN5O/c1-29-19-10-14(9-18(20(19)23)28-7-2-3-8-28)16-11-17(16)15-12-26-22(27-13-15)21-24-5-4-6-25-21/h4-6,9-10,12-13,16-17H,2-3,7-8,11H2,1H3/t16-,17-/m0/s1. The number of methoxy groups -OCH3 is 1. The quantitative estimate of drug-likeness (QED) is 0.656. The van der Waals surface area contributed by atoms with E-state index >= 15 is 0 Å². The normalized spacial score (nSPS) is 20.7. The van der Waals surface area contributed by atoms with Crippen molar-refractivity contribution < 1.29 is 9.13 Å². The van der Waals surface area contributed by atoms with Crippen molar-refractivity contribution in [1.82, 2.24) is 19.9 Å². The fourth-order valence-corrected chi connectivity index (χ4v) is 4.15. The zero-order chi connectivity index (χ0) is 19.8. The van der Waals surface area contributed by atoms with Crippen molar-refractivity contribution in [3.63, 3.8) is 0 Å². The van der Waals surface area contributed by atoms with Crippen LogP contribution < -0.4 is 9.64 Å². The van der Waals surface area contributed by atoms with Crippen molar-refractivity contribution in [3.8, 4) is 17.4 Å². The third kappa shape index (κ3) is 3.41. The molecule has 1 saturated heterocycles. The smallest absolute Gasteiger partial charge is 0.197 e. The van der Waals surface area contributed by atoms with Gasteiger partial charge in [0.2, 0.25) is 0 Å². The van der Waals surface area contributed by atoms with Crippen molar-refractivity contribution in [2.75, 3.05) is 25.1 Å². The van der Waals surface area contributed by atoms with Gasteiger partial charge in [-0.2, -0.15) is 0 Å². The highest BCUT2D eigenvalue weighted by Crippen LogP contribution is 2.55. The molecule has 2 aromatic heterocycles. The largest absolute Gasteiger partial charge is 0.494 e. The van der Waals surface area contributed by atoms with E-state index in [9.17, 15) is 4.39 Å². The van der Waals surface area contributed by atoms with Gasteiger partial charge in [0.05, 0.1) is 12.8 Å². The number of ether oxygens (including phenoxy) is 1. The van der Waals surface area contributed by atoms with E-state index in [1.54, 1.807) is 18.5 Å². The van der Waals surface area contributed by atoms with Crippen LogP contribution in [0, 0.1) is 5.82 Å². The fourth-order valence-electron chi connectivity index (χ4n) is 4.15. The van der Waals surface area contributed by atoms with Crippen LogP contribution in [0.15, 0.2) is 43.0 Å². The molecule has 2 atom stereocenters. The van der Waals surface area contributed by atoms with E-state index in [4.69, 9.17) is 4.74 Å². The highest BCUT2D eigenvalue weighted by molar-refractivity contribution is 5.58. The zero-order valence-electron chi connectivity index (χ0n) is 16.3. The van der Waals surface area contributed by atoms with Gasteiger partial charge in [-0.05, 0) is 60.4 Å². The first-order valence-electron chi connectivity index (χ1n) is 9.96. The molecule has 3 heterocycles. The number of rotatable bonds is 5. The van der Waals surface area contributed by atoms with E-state index in [1.807, 2.05) is 24.5 Å². The highest BCUT2D eigenvalue weighted by atomic mass is 19.1. The number of benzene rings is 1. The fraction of sp³-hybridized carbons (Fsp3) is 0.364. The molecule has 0 amide bonds. The van der Waals surface area contributed by atoms with Gasteiger partial charge in [-0.1, -0.05) is 0 Å². The molecule has 1 aliphatic heterocycles. The molecular formula is C22H22FN5O. The molecule has 2 fully saturated rings. The van der Waals surface area contributed by atoms with Crippen LogP contribution in [0.3, 0.4) is 0 Å². The highest BCUT2D eigenvalue weighted by Gasteiger charge is 2.41. The van der Waals surface area contributed by atoms with Gasteiger partial charge in [-0.3, -0.25) is 0 Å². The number of halogens is 1. The summed E-state index contributed by atoms with van der Waals surface area (Å²) in [5, 5.41) is 0. The first-order chi connectivity index (χ1) is 14.2. The summed E-state index contributed by atoms with van der Waals surface area (Å²) < 4.78 is 20.1. The second-order valence-corrected chi connectivity index (χ2v) is 7.61. The van der Waals surface area contributed by atoms with Gasteiger partial charge in [-0.15, -0.1) is 0 Å². The maximum Gasteiger partial charge on any atom is 0.197 e. The summed E-state index contributed by atoms with van der Waals surface area (Å²) in [5.41, 5.74) is 2.86. The molecule has 29 heavy (non-hydrogen) atoms. The van der Waals surface area contributed by atoms with E-state index < -0.39 is 0 Å². The molecule has 2 aliphatic rings. The summed E-state index contributed by atoms with van der Waals surface area (Å²) in [6, 6.07) is 5.60. The predicted molar refractivity (Wildman–Crippen MR) is 108 cm³/mol. The minimum atomic E-state index is -0.258. The van der Waals surface area contributed by atoms with Gasteiger partial charge in [-0.25, -0.2) is 24.3 Å². The van der Waals surface area contributed by atoms with Crippen LogP contribution in [0.5, 0.6) is 5.75 Å². The Balaban J connectivity index is 1.39. The Morgan fingerprint density at radius 1 is 0.931 bits per heavy atom. The van der Waals surface area contributed by atoms with Crippen molar-refractivity contribution in [2.45, 2.75) is 31.1 Å². The van der Waals surface area contributed by atoms with Gasteiger partial charge in [0.15, 0.2) is 23.2 Å². The van der Waals surface area contributed by atoms with Crippen LogP contribution in [0.1, 0.15) is 42.2 Å². The van der Waals surface area contributed by atoms with E-state index in [1.165, 1.54) is 7.11 Å². The Labute approximate surface area is 168 Å². The Morgan fingerprint density at radius 2 is 1.59 bits per heavy atom. The van der Waals surface area contributed by atoms with Gasteiger partial charge < -0.3 is 9.64 Å². The first kappa shape index (κ1) is 18.0. The average Bonchev–Trinajstić information content (AvgIpc) is 3.39. The minimum Gasteiger partial charge on any atom is -0.494 e. The number of anilines is 1. The second-order valence-electron chi connectivity index (χ2n) is 7.61. The number of hydrogen-bond donors (Lipinski definition) is 0. The van der Waals surface area contributed by atoms with Crippen LogP contribution in [0.2, 0.25) is 0 Å². The van der Waals surface area contributed by atoms with Crippen molar-refractivity contribution in [3.05, 3.63) is 59.9 Å². The molecule has 6 nitrogen and oxygen atoms in total. The Hall–Kier alpha value is -3.09.